The molecule has 0 aromatic heterocycles. The highest BCUT2D eigenvalue weighted by Crippen LogP contribution is 2.20. The number of thioether (sulfide) groups is 1. The second kappa shape index (κ2) is 8.58. The molecule has 2 aromatic carbocycles. The second-order valence-corrected chi connectivity index (χ2v) is 6.83. The summed E-state index contributed by atoms with van der Waals surface area (Å²) in [6, 6.07) is 15.0. The van der Waals surface area contributed by atoms with Crippen molar-refractivity contribution in [1.29, 1.82) is 0 Å². The molecule has 2 N–H and O–H groups in total. The number of nitrogens with one attached hydrogen (secondary N) is 2. The van der Waals surface area contributed by atoms with Crippen molar-refractivity contribution in [2.24, 2.45) is 0 Å². The van der Waals surface area contributed by atoms with Gasteiger partial charge in [-0.3, -0.25) is 9.59 Å². The van der Waals surface area contributed by atoms with Crippen LogP contribution in [-0.4, -0.2) is 24.2 Å². The lowest BCUT2D eigenvalue weighted by molar-refractivity contribution is -0.116. The Morgan fingerprint density at radius 2 is 1.92 bits per heavy atom. The molecule has 0 aliphatic carbocycles. The van der Waals surface area contributed by atoms with Crippen LogP contribution in [0, 0.1) is 6.92 Å². The molecule has 0 saturated heterocycles. The molecular formula is C20H20N2O3S. The summed E-state index contributed by atoms with van der Waals surface area (Å²) in [6.07, 6.45) is 0. The molecule has 0 atom stereocenters. The Balaban J connectivity index is 1.67. The van der Waals surface area contributed by atoms with Crippen molar-refractivity contribution in [2.75, 3.05) is 17.7 Å². The quantitative estimate of drug-likeness (QED) is 0.848. The Bertz CT molecular complexity index is 834. The van der Waals surface area contributed by atoms with Crippen LogP contribution in [0.15, 0.2) is 59.7 Å². The maximum atomic E-state index is 12.4. The van der Waals surface area contributed by atoms with Crippen LogP contribution in [0.2, 0.25) is 0 Å². The summed E-state index contributed by atoms with van der Waals surface area (Å²) in [4.78, 5) is 24.7. The fraction of sp³-hybridized carbons (Fsp3) is 0.200. The Labute approximate surface area is 156 Å². The average Bonchev–Trinajstić information content (AvgIpc) is 2.69. The fourth-order valence-corrected chi connectivity index (χ4v) is 3.07. The van der Waals surface area contributed by atoms with Crippen molar-refractivity contribution in [1.82, 2.24) is 5.32 Å². The average molecular weight is 368 g/mol. The molecule has 3 rings (SSSR count). The van der Waals surface area contributed by atoms with Crippen LogP contribution >= 0.6 is 11.8 Å². The lowest BCUT2D eigenvalue weighted by Gasteiger charge is -2.15. The van der Waals surface area contributed by atoms with E-state index in [1.165, 1.54) is 0 Å². The van der Waals surface area contributed by atoms with E-state index in [1.807, 2.05) is 43.3 Å². The number of hydrogen-bond donors (Lipinski definition) is 2. The highest BCUT2D eigenvalue weighted by molar-refractivity contribution is 8.02. The van der Waals surface area contributed by atoms with Crippen molar-refractivity contribution >= 4 is 29.3 Å². The first-order valence-corrected chi connectivity index (χ1v) is 9.37. The highest BCUT2D eigenvalue weighted by atomic mass is 32.2. The van der Waals surface area contributed by atoms with Crippen LogP contribution in [0.3, 0.4) is 0 Å². The summed E-state index contributed by atoms with van der Waals surface area (Å²) in [6.45, 7) is 2.85. The van der Waals surface area contributed by atoms with Crippen molar-refractivity contribution in [3.63, 3.8) is 0 Å². The van der Waals surface area contributed by atoms with Crippen LogP contribution < -0.4 is 10.6 Å². The molecule has 134 valence electrons. The van der Waals surface area contributed by atoms with Crippen molar-refractivity contribution in [3.05, 3.63) is 76.4 Å². The van der Waals surface area contributed by atoms with Gasteiger partial charge in [0, 0.05) is 29.0 Å². The van der Waals surface area contributed by atoms with Crippen LogP contribution in [-0.2, 0) is 16.1 Å². The predicted octanol–water partition coefficient (Wildman–Crippen LogP) is 3.47. The maximum Gasteiger partial charge on any atom is 0.291 e. The molecule has 5 nitrogen and oxygen atoms in total. The molecule has 1 aliphatic rings. The van der Waals surface area contributed by atoms with Crippen molar-refractivity contribution in [2.45, 2.75) is 13.5 Å². The van der Waals surface area contributed by atoms with Gasteiger partial charge in [0.25, 0.3) is 11.8 Å². The van der Waals surface area contributed by atoms with Gasteiger partial charge in [-0.1, -0.05) is 36.4 Å². The monoisotopic (exact) mass is 368 g/mol. The Morgan fingerprint density at radius 1 is 1.12 bits per heavy atom. The van der Waals surface area contributed by atoms with E-state index in [0.717, 1.165) is 16.9 Å². The summed E-state index contributed by atoms with van der Waals surface area (Å²) in [7, 11) is 0. The van der Waals surface area contributed by atoms with Gasteiger partial charge in [-0.2, -0.15) is 0 Å². The van der Waals surface area contributed by atoms with E-state index in [1.54, 1.807) is 29.3 Å². The molecule has 6 heteroatoms. The van der Waals surface area contributed by atoms with Gasteiger partial charge in [-0.05, 0) is 30.2 Å². The van der Waals surface area contributed by atoms with Gasteiger partial charge in [-0.15, -0.1) is 11.8 Å². The Hall–Kier alpha value is -2.73. The van der Waals surface area contributed by atoms with E-state index >= 15 is 0 Å². The molecule has 0 unspecified atom stereocenters. The van der Waals surface area contributed by atoms with Gasteiger partial charge in [0.1, 0.15) is 0 Å². The summed E-state index contributed by atoms with van der Waals surface area (Å²) >= 11 is 1.55. The van der Waals surface area contributed by atoms with Crippen LogP contribution in [0.5, 0.6) is 0 Å². The molecule has 1 heterocycles. The SMILES string of the molecule is Cc1ccc(C(=O)NCc2ccccc2)cc1NC(=O)C1=CSCCO1. The maximum absolute atomic E-state index is 12.4. The molecule has 26 heavy (non-hydrogen) atoms. The minimum absolute atomic E-state index is 0.187. The van der Waals surface area contributed by atoms with Crippen LogP contribution in [0.4, 0.5) is 5.69 Å². The van der Waals surface area contributed by atoms with Crippen LogP contribution in [0.1, 0.15) is 21.5 Å². The zero-order valence-corrected chi connectivity index (χ0v) is 15.3. The largest absolute Gasteiger partial charge is 0.487 e. The molecule has 2 aromatic rings. The molecule has 0 radical (unpaired) electrons. The first-order chi connectivity index (χ1) is 12.6. The van der Waals surface area contributed by atoms with Gasteiger partial charge in [0.2, 0.25) is 0 Å². The normalized spacial score (nSPS) is 13.3. The summed E-state index contributed by atoms with van der Waals surface area (Å²) in [5.41, 5.74) is 3.00. The number of amides is 2. The van der Waals surface area contributed by atoms with E-state index in [9.17, 15) is 9.59 Å². The summed E-state index contributed by atoms with van der Waals surface area (Å²) in [5.74, 6) is 0.655. The van der Waals surface area contributed by atoms with E-state index in [2.05, 4.69) is 10.6 Å². The minimum Gasteiger partial charge on any atom is -0.487 e. The van der Waals surface area contributed by atoms with Gasteiger partial charge in [-0.25, -0.2) is 0 Å². The second-order valence-electron chi connectivity index (χ2n) is 5.85. The molecule has 0 bridgehead atoms. The molecular weight excluding hydrogens is 348 g/mol. The summed E-state index contributed by atoms with van der Waals surface area (Å²) < 4.78 is 5.37. The number of carbonyl (C=O) groups is 2. The van der Waals surface area contributed by atoms with E-state index in [-0.39, 0.29) is 11.8 Å². The molecule has 0 saturated carbocycles. The number of aryl methyl sites for hydroxylation is 1. The molecule has 0 spiro atoms. The third-order valence-corrected chi connectivity index (χ3v) is 4.70. The van der Waals surface area contributed by atoms with E-state index in [4.69, 9.17) is 4.74 Å². The summed E-state index contributed by atoms with van der Waals surface area (Å²) in [5, 5.41) is 7.42. The number of benzene rings is 2. The number of rotatable bonds is 5. The topological polar surface area (TPSA) is 67.4 Å². The zero-order chi connectivity index (χ0) is 18.4. The number of carbonyl (C=O) groups excluding carboxylic acids is 2. The van der Waals surface area contributed by atoms with E-state index < -0.39 is 0 Å². The number of anilines is 1. The van der Waals surface area contributed by atoms with Gasteiger partial charge in [0.15, 0.2) is 5.76 Å². The third kappa shape index (κ3) is 4.67. The smallest absolute Gasteiger partial charge is 0.291 e. The van der Waals surface area contributed by atoms with Gasteiger partial charge in [0.05, 0.1) is 6.61 Å². The third-order valence-electron chi connectivity index (χ3n) is 3.92. The standard InChI is InChI=1S/C20H20N2O3S/c1-14-7-8-16(19(23)21-12-15-5-3-2-4-6-15)11-17(14)22-20(24)18-13-26-10-9-25-18/h2-8,11,13H,9-10,12H2,1H3,(H,21,23)(H,22,24). The van der Waals surface area contributed by atoms with Crippen LogP contribution in [0.25, 0.3) is 0 Å². The predicted molar refractivity (Wildman–Crippen MR) is 104 cm³/mol. The first-order valence-electron chi connectivity index (χ1n) is 8.32. The number of ether oxygens (including phenoxy) is 1. The Morgan fingerprint density at radius 3 is 2.65 bits per heavy atom. The molecule has 2 amide bonds. The van der Waals surface area contributed by atoms with Crippen molar-refractivity contribution < 1.29 is 14.3 Å². The lowest BCUT2D eigenvalue weighted by atomic mass is 10.1. The van der Waals surface area contributed by atoms with Gasteiger partial charge < -0.3 is 15.4 Å². The fourth-order valence-electron chi connectivity index (χ4n) is 2.45. The minimum atomic E-state index is -0.304. The molecule has 0 fully saturated rings. The molecule has 1 aliphatic heterocycles. The zero-order valence-electron chi connectivity index (χ0n) is 14.5. The highest BCUT2D eigenvalue weighted by Gasteiger charge is 2.16. The van der Waals surface area contributed by atoms with Crippen molar-refractivity contribution in [3.8, 4) is 0 Å². The number of hydrogen-bond acceptors (Lipinski definition) is 4. The lowest BCUT2D eigenvalue weighted by Crippen LogP contribution is -2.23. The van der Waals surface area contributed by atoms with Gasteiger partial charge >= 0.3 is 0 Å². The Kier molecular flexibility index (Phi) is 5.96. The van der Waals surface area contributed by atoms with E-state index in [0.29, 0.717) is 30.2 Å². The first kappa shape index (κ1) is 18.1.